The maximum atomic E-state index is 12.0. The highest BCUT2D eigenvalue weighted by Crippen LogP contribution is 2.27. The van der Waals surface area contributed by atoms with Crippen molar-refractivity contribution < 1.29 is 13.5 Å². The molecule has 4 heteroatoms. The monoisotopic (exact) mass is 277 g/mol. The third-order valence-corrected chi connectivity index (χ3v) is 3.88. The molecule has 0 heterocycles. The Balaban J connectivity index is 2.20. The lowest BCUT2D eigenvalue weighted by molar-refractivity contribution is 0.0136. The Morgan fingerprint density at radius 1 is 1.21 bits per heavy atom. The minimum atomic E-state index is -2.35. The lowest BCUT2D eigenvalue weighted by Gasteiger charge is -2.27. The summed E-state index contributed by atoms with van der Waals surface area (Å²) in [4.78, 5) is 0. The van der Waals surface area contributed by atoms with E-state index in [-0.39, 0.29) is 0 Å². The van der Waals surface area contributed by atoms with Crippen LogP contribution in [-0.2, 0) is 4.74 Å². The van der Waals surface area contributed by atoms with Gasteiger partial charge in [-0.3, -0.25) is 0 Å². The fourth-order valence-electron chi connectivity index (χ4n) is 2.87. The van der Waals surface area contributed by atoms with Gasteiger partial charge in [-0.1, -0.05) is 39.0 Å². The van der Waals surface area contributed by atoms with E-state index < -0.39 is 13.0 Å². The lowest BCUT2D eigenvalue weighted by atomic mass is 9.84. The Bertz CT molecular complexity index is 208. The molecule has 1 N–H and O–H groups in total. The van der Waals surface area contributed by atoms with E-state index in [9.17, 15) is 8.78 Å². The van der Waals surface area contributed by atoms with Crippen LogP contribution >= 0.6 is 0 Å². The molecular weight excluding hydrogens is 248 g/mol. The second kappa shape index (κ2) is 10.6. The van der Waals surface area contributed by atoms with Gasteiger partial charge in [-0.25, -0.2) is 8.78 Å². The van der Waals surface area contributed by atoms with E-state index in [0.29, 0.717) is 12.6 Å². The third kappa shape index (κ3) is 8.53. The van der Waals surface area contributed by atoms with E-state index in [1.54, 1.807) is 0 Å². The van der Waals surface area contributed by atoms with Gasteiger partial charge < -0.3 is 10.1 Å². The van der Waals surface area contributed by atoms with E-state index in [1.165, 1.54) is 38.5 Å². The molecule has 1 saturated carbocycles. The first kappa shape index (κ1) is 16.8. The highest BCUT2D eigenvalue weighted by molar-refractivity contribution is 4.74. The van der Waals surface area contributed by atoms with Crippen LogP contribution < -0.4 is 5.32 Å². The third-order valence-electron chi connectivity index (χ3n) is 3.88. The molecule has 1 aliphatic carbocycles. The Hall–Kier alpha value is -0.220. The van der Waals surface area contributed by atoms with Crippen molar-refractivity contribution in [2.24, 2.45) is 5.92 Å². The molecule has 114 valence electrons. The van der Waals surface area contributed by atoms with Crippen molar-refractivity contribution in [3.8, 4) is 0 Å². The quantitative estimate of drug-likeness (QED) is 0.609. The van der Waals surface area contributed by atoms with Gasteiger partial charge in [0.2, 0.25) is 0 Å². The first-order chi connectivity index (χ1) is 9.22. The molecule has 0 radical (unpaired) electrons. The molecule has 0 amide bonds. The van der Waals surface area contributed by atoms with Crippen molar-refractivity contribution in [1.82, 2.24) is 5.32 Å². The molecule has 0 aliphatic heterocycles. The van der Waals surface area contributed by atoms with E-state index in [2.05, 4.69) is 12.2 Å². The number of rotatable bonds is 10. The Labute approximate surface area is 116 Å². The average molecular weight is 277 g/mol. The van der Waals surface area contributed by atoms with Gasteiger partial charge in [0.15, 0.2) is 0 Å². The Morgan fingerprint density at radius 3 is 2.58 bits per heavy atom. The van der Waals surface area contributed by atoms with Crippen molar-refractivity contribution in [1.29, 1.82) is 0 Å². The van der Waals surface area contributed by atoms with Gasteiger partial charge in [0.05, 0.1) is 0 Å². The van der Waals surface area contributed by atoms with Crippen LogP contribution in [0.2, 0.25) is 0 Å². The van der Waals surface area contributed by atoms with Crippen molar-refractivity contribution >= 4 is 0 Å². The summed E-state index contributed by atoms with van der Waals surface area (Å²) in [6.45, 7) is 3.17. The second-order valence-corrected chi connectivity index (χ2v) is 5.65. The molecule has 0 spiro atoms. The normalized spacial score (nSPS) is 18.9. The molecule has 0 aromatic carbocycles. The zero-order chi connectivity index (χ0) is 13.9. The molecule has 0 aromatic heterocycles. The zero-order valence-electron chi connectivity index (χ0n) is 12.2. The number of hydrogen-bond donors (Lipinski definition) is 1. The van der Waals surface area contributed by atoms with Gasteiger partial charge in [0.25, 0.3) is 6.43 Å². The molecule has 0 bridgehead atoms. The van der Waals surface area contributed by atoms with Gasteiger partial charge >= 0.3 is 0 Å². The molecule has 19 heavy (non-hydrogen) atoms. The summed E-state index contributed by atoms with van der Waals surface area (Å²) in [5.74, 6) is 0.818. The van der Waals surface area contributed by atoms with E-state index in [1.807, 2.05) is 0 Å². The van der Waals surface area contributed by atoms with Gasteiger partial charge in [0, 0.05) is 12.6 Å². The van der Waals surface area contributed by atoms with Crippen LogP contribution in [0.5, 0.6) is 0 Å². The summed E-state index contributed by atoms with van der Waals surface area (Å²) in [6, 6.07) is 0.431. The van der Waals surface area contributed by atoms with Crippen LogP contribution in [-0.4, -0.2) is 32.2 Å². The van der Waals surface area contributed by atoms with Crippen molar-refractivity contribution in [2.45, 2.75) is 70.8 Å². The largest absolute Gasteiger partial charge is 0.375 e. The molecule has 1 aliphatic rings. The van der Waals surface area contributed by atoms with E-state index in [4.69, 9.17) is 4.74 Å². The van der Waals surface area contributed by atoms with E-state index in [0.717, 1.165) is 25.3 Å². The van der Waals surface area contributed by atoms with Crippen molar-refractivity contribution in [3.05, 3.63) is 0 Å². The molecule has 2 nitrogen and oxygen atoms in total. The first-order valence-corrected chi connectivity index (χ1v) is 7.81. The summed E-state index contributed by atoms with van der Waals surface area (Å²) in [5.41, 5.74) is 0. The summed E-state index contributed by atoms with van der Waals surface area (Å²) >= 11 is 0. The predicted octanol–water partition coefficient (Wildman–Crippen LogP) is 4.00. The molecule has 0 saturated heterocycles. The highest BCUT2D eigenvalue weighted by atomic mass is 19.3. The van der Waals surface area contributed by atoms with Gasteiger partial charge in [-0.2, -0.15) is 0 Å². The van der Waals surface area contributed by atoms with Crippen molar-refractivity contribution in [3.63, 3.8) is 0 Å². The number of nitrogens with one attached hydrogen (secondary N) is 1. The van der Waals surface area contributed by atoms with Crippen LogP contribution in [0.1, 0.15) is 58.3 Å². The Morgan fingerprint density at radius 2 is 1.95 bits per heavy atom. The van der Waals surface area contributed by atoms with Crippen LogP contribution in [0.15, 0.2) is 0 Å². The van der Waals surface area contributed by atoms with Crippen LogP contribution in [0, 0.1) is 5.92 Å². The minimum absolute atomic E-state index is 0.427. The molecule has 0 aromatic rings. The standard InChI is InChI=1S/C15H29F2NO/c1-2-9-18-14(8-10-19-12-15(16)17)11-13-6-4-3-5-7-13/h13-15,18H,2-12H2,1H3. The number of ether oxygens (including phenoxy) is 1. The maximum Gasteiger partial charge on any atom is 0.261 e. The summed E-state index contributed by atoms with van der Waals surface area (Å²) in [5, 5.41) is 3.54. The van der Waals surface area contributed by atoms with Gasteiger partial charge in [-0.15, -0.1) is 0 Å². The summed E-state index contributed by atoms with van der Waals surface area (Å²) in [7, 11) is 0. The predicted molar refractivity (Wildman–Crippen MR) is 74.7 cm³/mol. The van der Waals surface area contributed by atoms with Crippen molar-refractivity contribution in [2.75, 3.05) is 19.8 Å². The minimum Gasteiger partial charge on any atom is -0.375 e. The van der Waals surface area contributed by atoms with Crippen LogP contribution in [0.25, 0.3) is 0 Å². The molecule has 1 unspecified atom stereocenters. The van der Waals surface area contributed by atoms with E-state index >= 15 is 0 Å². The van der Waals surface area contributed by atoms with Crippen LogP contribution in [0.3, 0.4) is 0 Å². The molecular formula is C15H29F2NO. The topological polar surface area (TPSA) is 21.3 Å². The van der Waals surface area contributed by atoms with Gasteiger partial charge in [0.1, 0.15) is 6.61 Å². The second-order valence-electron chi connectivity index (χ2n) is 5.65. The number of alkyl halides is 2. The fraction of sp³-hybridized carbons (Fsp3) is 1.00. The molecule has 1 rings (SSSR count). The SMILES string of the molecule is CCCNC(CCOCC(F)F)CC1CCCCC1. The van der Waals surface area contributed by atoms with Gasteiger partial charge in [-0.05, 0) is 31.7 Å². The number of hydrogen-bond acceptors (Lipinski definition) is 2. The number of halogens is 2. The summed E-state index contributed by atoms with van der Waals surface area (Å²) in [6.07, 6.45) is 7.55. The maximum absolute atomic E-state index is 12.0. The first-order valence-electron chi connectivity index (χ1n) is 7.81. The molecule has 1 fully saturated rings. The average Bonchev–Trinajstić information content (AvgIpc) is 2.41. The summed E-state index contributed by atoms with van der Waals surface area (Å²) < 4.78 is 29.0. The van der Waals surface area contributed by atoms with Crippen LogP contribution in [0.4, 0.5) is 8.78 Å². The molecule has 1 atom stereocenters. The fourth-order valence-corrected chi connectivity index (χ4v) is 2.87. The lowest BCUT2D eigenvalue weighted by Crippen LogP contribution is -2.33. The Kier molecular flexibility index (Phi) is 9.35. The zero-order valence-corrected chi connectivity index (χ0v) is 12.2. The smallest absolute Gasteiger partial charge is 0.261 e. The highest BCUT2D eigenvalue weighted by Gasteiger charge is 2.18.